The van der Waals surface area contributed by atoms with Gasteiger partial charge in [0.15, 0.2) is 0 Å². The number of thioether (sulfide) groups is 1. The predicted octanol–water partition coefficient (Wildman–Crippen LogP) is 2.27. The number of ether oxygens (including phenoxy) is 1. The molecule has 3 heteroatoms. The van der Waals surface area contributed by atoms with Crippen molar-refractivity contribution in [2.24, 2.45) is 5.73 Å². The Morgan fingerprint density at radius 3 is 2.57 bits per heavy atom. The molecule has 0 atom stereocenters. The molecular weight excluding hydrogens is 194 g/mol. The third-order valence-electron chi connectivity index (χ3n) is 1.92. The van der Waals surface area contributed by atoms with Gasteiger partial charge in [0.05, 0.1) is 0 Å². The van der Waals surface area contributed by atoms with Crippen molar-refractivity contribution >= 4 is 11.8 Å². The quantitative estimate of drug-likeness (QED) is 0.579. The Balaban J connectivity index is 2.29. The molecule has 0 saturated heterocycles. The fourth-order valence-electron chi connectivity index (χ4n) is 1.12. The van der Waals surface area contributed by atoms with Crippen molar-refractivity contribution < 1.29 is 4.74 Å². The maximum absolute atomic E-state index is 5.52. The molecule has 78 valence electrons. The molecule has 0 saturated carbocycles. The topological polar surface area (TPSA) is 35.2 Å². The number of hydrogen-bond donors (Lipinski definition) is 1. The van der Waals surface area contributed by atoms with E-state index in [2.05, 4.69) is 24.3 Å². The molecule has 0 aliphatic heterocycles. The molecule has 0 fully saturated rings. The molecule has 0 unspecified atom stereocenters. The maximum atomic E-state index is 5.52. The highest BCUT2D eigenvalue weighted by atomic mass is 32.2. The second kappa shape index (κ2) is 6.87. The lowest BCUT2D eigenvalue weighted by Crippen LogP contribution is -1.95. The number of rotatable bonds is 6. The highest BCUT2D eigenvalue weighted by Gasteiger charge is 1.94. The molecule has 0 aromatic heterocycles. The van der Waals surface area contributed by atoms with Crippen LogP contribution in [0.25, 0.3) is 0 Å². The molecule has 0 radical (unpaired) electrons. The van der Waals surface area contributed by atoms with Crippen LogP contribution in [-0.2, 0) is 11.3 Å². The summed E-state index contributed by atoms with van der Waals surface area (Å²) in [6.45, 7) is 1.46. The molecule has 2 nitrogen and oxygen atoms in total. The molecule has 0 spiro atoms. The monoisotopic (exact) mass is 211 g/mol. The Labute approximate surface area is 89.8 Å². The van der Waals surface area contributed by atoms with Gasteiger partial charge in [0.2, 0.25) is 0 Å². The smallest absolute Gasteiger partial charge is 0.0470 e. The Morgan fingerprint density at radius 1 is 1.29 bits per heavy atom. The lowest BCUT2D eigenvalue weighted by Gasteiger charge is -2.02. The lowest BCUT2D eigenvalue weighted by molar-refractivity contribution is 0.200. The number of hydrogen-bond acceptors (Lipinski definition) is 3. The molecular formula is C11H17NOS. The fraction of sp³-hybridized carbons (Fsp3) is 0.455. The second-order valence-corrected chi connectivity index (χ2v) is 4.21. The number of methoxy groups -OCH3 is 1. The Morgan fingerprint density at radius 2 is 2.00 bits per heavy atom. The van der Waals surface area contributed by atoms with E-state index in [0.29, 0.717) is 6.54 Å². The van der Waals surface area contributed by atoms with Gasteiger partial charge < -0.3 is 10.5 Å². The van der Waals surface area contributed by atoms with E-state index in [1.807, 2.05) is 11.8 Å². The van der Waals surface area contributed by atoms with Crippen LogP contribution in [0.5, 0.6) is 0 Å². The SMILES string of the molecule is COCCCSc1ccc(CN)cc1. The van der Waals surface area contributed by atoms with Crippen LogP contribution in [0.1, 0.15) is 12.0 Å². The third-order valence-corrected chi connectivity index (χ3v) is 3.02. The minimum atomic E-state index is 0.620. The first-order valence-corrected chi connectivity index (χ1v) is 5.76. The molecule has 1 rings (SSSR count). The van der Waals surface area contributed by atoms with E-state index >= 15 is 0 Å². The summed E-state index contributed by atoms with van der Waals surface area (Å²) in [4.78, 5) is 1.30. The van der Waals surface area contributed by atoms with E-state index in [-0.39, 0.29) is 0 Å². The van der Waals surface area contributed by atoms with Gasteiger partial charge in [0.1, 0.15) is 0 Å². The maximum Gasteiger partial charge on any atom is 0.0470 e. The number of benzene rings is 1. The first kappa shape index (κ1) is 11.6. The molecule has 14 heavy (non-hydrogen) atoms. The van der Waals surface area contributed by atoms with Crippen LogP contribution in [0.2, 0.25) is 0 Å². The van der Waals surface area contributed by atoms with Crippen molar-refractivity contribution in [3.05, 3.63) is 29.8 Å². The summed E-state index contributed by atoms with van der Waals surface area (Å²) in [5.41, 5.74) is 6.70. The van der Waals surface area contributed by atoms with Gasteiger partial charge in [0.25, 0.3) is 0 Å². The molecule has 0 heterocycles. The van der Waals surface area contributed by atoms with Crippen molar-refractivity contribution in [3.8, 4) is 0 Å². The zero-order valence-electron chi connectivity index (χ0n) is 8.53. The minimum Gasteiger partial charge on any atom is -0.385 e. The highest BCUT2D eigenvalue weighted by Crippen LogP contribution is 2.18. The average Bonchev–Trinajstić information content (AvgIpc) is 2.25. The number of nitrogens with two attached hydrogens (primary N) is 1. The molecule has 1 aromatic rings. The average molecular weight is 211 g/mol. The van der Waals surface area contributed by atoms with Crippen LogP contribution >= 0.6 is 11.8 Å². The minimum absolute atomic E-state index is 0.620. The van der Waals surface area contributed by atoms with Gasteiger partial charge >= 0.3 is 0 Å². The summed E-state index contributed by atoms with van der Waals surface area (Å²) in [6, 6.07) is 8.41. The highest BCUT2D eigenvalue weighted by molar-refractivity contribution is 7.99. The summed E-state index contributed by atoms with van der Waals surface area (Å²) >= 11 is 1.86. The Kier molecular flexibility index (Phi) is 5.68. The van der Waals surface area contributed by atoms with Crippen LogP contribution in [0.15, 0.2) is 29.2 Å². The van der Waals surface area contributed by atoms with E-state index in [4.69, 9.17) is 10.5 Å². The lowest BCUT2D eigenvalue weighted by atomic mass is 10.2. The fourth-order valence-corrected chi connectivity index (χ4v) is 1.94. The normalized spacial score (nSPS) is 10.4. The first-order chi connectivity index (χ1) is 6.86. The summed E-state index contributed by atoms with van der Waals surface area (Å²) < 4.78 is 4.99. The third kappa shape index (κ3) is 4.13. The first-order valence-electron chi connectivity index (χ1n) is 4.77. The molecule has 0 bridgehead atoms. The predicted molar refractivity (Wildman–Crippen MR) is 61.6 cm³/mol. The zero-order valence-corrected chi connectivity index (χ0v) is 9.35. The van der Waals surface area contributed by atoms with E-state index in [1.165, 1.54) is 10.5 Å². The van der Waals surface area contributed by atoms with Gasteiger partial charge in [-0.3, -0.25) is 0 Å². The van der Waals surface area contributed by atoms with Crippen LogP contribution < -0.4 is 5.73 Å². The second-order valence-electron chi connectivity index (χ2n) is 3.04. The van der Waals surface area contributed by atoms with Gasteiger partial charge in [-0.2, -0.15) is 0 Å². The van der Waals surface area contributed by atoms with E-state index in [0.717, 1.165) is 18.8 Å². The molecule has 0 aliphatic carbocycles. The van der Waals surface area contributed by atoms with Gasteiger partial charge in [-0.1, -0.05) is 12.1 Å². The van der Waals surface area contributed by atoms with Crippen molar-refractivity contribution in [1.29, 1.82) is 0 Å². The van der Waals surface area contributed by atoms with Crippen LogP contribution in [0.3, 0.4) is 0 Å². The van der Waals surface area contributed by atoms with E-state index in [9.17, 15) is 0 Å². The molecule has 1 aromatic carbocycles. The zero-order chi connectivity index (χ0) is 10.2. The molecule has 0 aliphatic rings. The van der Waals surface area contributed by atoms with E-state index in [1.54, 1.807) is 7.11 Å². The van der Waals surface area contributed by atoms with Crippen molar-refractivity contribution in [1.82, 2.24) is 0 Å². The van der Waals surface area contributed by atoms with Crippen molar-refractivity contribution in [2.45, 2.75) is 17.9 Å². The van der Waals surface area contributed by atoms with Crippen LogP contribution in [-0.4, -0.2) is 19.5 Å². The van der Waals surface area contributed by atoms with Gasteiger partial charge in [-0.15, -0.1) is 11.8 Å². The molecule has 0 amide bonds. The summed E-state index contributed by atoms with van der Waals surface area (Å²) in [5, 5.41) is 0. The van der Waals surface area contributed by atoms with Gasteiger partial charge in [-0.05, 0) is 24.1 Å². The summed E-state index contributed by atoms with van der Waals surface area (Å²) in [5.74, 6) is 1.11. The van der Waals surface area contributed by atoms with Crippen LogP contribution in [0.4, 0.5) is 0 Å². The largest absolute Gasteiger partial charge is 0.385 e. The molecule has 2 N–H and O–H groups in total. The van der Waals surface area contributed by atoms with Gasteiger partial charge in [-0.25, -0.2) is 0 Å². The van der Waals surface area contributed by atoms with E-state index < -0.39 is 0 Å². The standard InChI is InChI=1S/C11H17NOS/c1-13-7-2-8-14-11-5-3-10(9-12)4-6-11/h3-6H,2,7-9,12H2,1H3. The van der Waals surface area contributed by atoms with Gasteiger partial charge in [0, 0.05) is 30.9 Å². The summed E-state index contributed by atoms with van der Waals surface area (Å²) in [6.07, 6.45) is 1.10. The summed E-state index contributed by atoms with van der Waals surface area (Å²) in [7, 11) is 1.74. The Hall–Kier alpha value is -0.510. The Bertz CT molecular complexity index is 248. The van der Waals surface area contributed by atoms with Crippen molar-refractivity contribution in [3.63, 3.8) is 0 Å². The van der Waals surface area contributed by atoms with Crippen molar-refractivity contribution in [2.75, 3.05) is 19.5 Å². The van der Waals surface area contributed by atoms with Crippen LogP contribution in [0, 0.1) is 0 Å².